The summed E-state index contributed by atoms with van der Waals surface area (Å²) < 4.78 is 0. The molecular weight excluding hydrogens is 246 g/mol. The Labute approximate surface area is 120 Å². The van der Waals surface area contributed by atoms with Crippen molar-refractivity contribution in [3.05, 3.63) is 60.2 Å². The molecule has 0 aliphatic rings. The zero-order valence-electron chi connectivity index (χ0n) is 12.3. The number of benzene rings is 2. The Morgan fingerprint density at radius 1 is 0.850 bits per heavy atom. The fourth-order valence-corrected chi connectivity index (χ4v) is 1.90. The van der Waals surface area contributed by atoms with Gasteiger partial charge in [0.1, 0.15) is 0 Å². The van der Waals surface area contributed by atoms with Gasteiger partial charge in [0.25, 0.3) is 5.91 Å². The van der Waals surface area contributed by atoms with Gasteiger partial charge in [-0.3, -0.25) is 4.79 Å². The lowest BCUT2D eigenvalue weighted by Crippen LogP contribution is -2.36. The Kier molecular flexibility index (Phi) is 4.57. The minimum Gasteiger partial charge on any atom is -0.349 e. The van der Waals surface area contributed by atoms with Gasteiger partial charge in [-0.15, -0.1) is 0 Å². The van der Waals surface area contributed by atoms with Crippen LogP contribution in [0.15, 0.2) is 54.6 Å². The van der Waals surface area contributed by atoms with Crippen LogP contribution in [-0.2, 0) is 0 Å². The van der Waals surface area contributed by atoms with Crippen LogP contribution in [0.5, 0.6) is 0 Å². The number of hydrogen-bond acceptors (Lipinski definition) is 1. The third-order valence-electron chi connectivity index (χ3n) is 3.61. The first kappa shape index (κ1) is 14.3. The monoisotopic (exact) mass is 267 g/mol. The van der Waals surface area contributed by atoms with Crippen molar-refractivity contribution >= 4 is 5.91 Å². The smallest absolute Gasteiger partial charge is 0.251 e. The summed E-state index contributed by atoms with van der Waals surface area (Å²) in [5.74, 6) is 0.424. The molecule has 0 aromatic heterocycles. The van der Waals surface area contributed by atoms with Crippen molar-refractivity contribution < 1.29 is 4.79 Å². The molecule has 2 heteroatoms. The van der Waals surface area contributed by atoms with Gasteiger partial charge < -0.3 is 5.32 Å². The SMILES string of the molecule is CC(C)[C@@H](C)NC(=O)c1ccc(-c2ccccc2)cc1. The Hall–Kier alpha value is -2.09. The van der Waals surface area contributed by atoms with Crippen LogP contribution in [0.3, 0.4) is 0 Å². The highest BCUT2D eigenvalue weighted by Crippen LogP contribution is 2.19. The second kappa shape index (κ2) is 6.38. The number of nitrogens with one attached hydrogen (secondary N) is 1. The van der Waals surface area contributed by atoms with Crippen molar-refractivity contribution in [1.29, 1.82) is 0 Å². The Morgan fingerprint density at radius 3 is 1.95 bits per heavy atom. The molecule has 0 aliphatic heterocycles. The van der Waals surface area contributed by atoms with E-state index < -0.39 is 0 Å². The molecule has 1 N–H and O–H groups in total. The summed E-state index contributed by atoms with van der Waals surface area (Å²) in [4.78, 5) is 12.1. The third kappa shape index (κ3) is 3.47. The highest BCUT2D eigenvalue weighted by Gasteiger charge is 2.12. The fraction of sp³-hybridized carbons (Fsp3) is 0.278. The molecular formula is C18H21NO. The molecule has 0 unspecified atom stereocenters. The molecule has 1 atom stereocenters. The normalized spacial score (nSPS) is 12.2. The first-order chi connectivity index (χ1) is 9.58. The molecule has 1 amide bonds. The Morgan fingerprint density at radius 2 is 1.40 bits per heavy atom. The van der Waals surface area contributed by atoms with Gasteiger partial charge in [-0.25, -0.2) is 0 Å². The molecule has 0 radical (unpaired) electrons. The van der Waals surface area contributed by atoms with Crippen molar-refractivity contribution in [2.45, 2.75) is 26.8 Å². The Bertz CT molecular complexity index is 558. The maximum atomic E-state index is 12.1. The molecule has 0 aliphatic carbocycles. The van der Waals surface area contributed by atoms with Crippen LogP contribution in [0.4, 0.5) is 0 Å². The maximum absolute atomic E-state index is 12.1. The minimum absolute atomic E-state index is 0.00851. The van der Waals surface area contributed by atoms with Gasteiger partial charge in [0, 0.05) is 11.6 Å². The van der Waals surface area contributed by atoms with E-state index in [9.17, 15) is 4.79 Å². The summed E-state index contributed by atoms with van der Waals surface area (Å²) in [6.45, 7) is 6.23. The molecule has 2 aromatic rings. The molecule has 2 aromatic carbocycles. The number of hydrogen-bond donors (Lipinski definition) is 1. The van der Waals surface area contributed by atoms with E-state index in [1.807, 2.05) is 49.4 Å². The third-order valence-corrected chi connectivity index (χ3v) is 3.61. The average Bonchev–Trinajstić information content (AvgIpc) is 2.48. The maximum Gasteiger partial charge on any atom is 0.251 e. The van der Waals surface area contributed by atoms with E-state index >= 15 is 0 Å². The molecule has 2 rings (SSSR count). The second-order valence-electron chi connectivity index (χ2n) is 5.45. The van der Waals surface area contributed by atoms with Crippen LogP contribution in [-0.4, -0.2) is 11.9 Å². The van der Waals surface area contributed by atoms with Crippen LogP contribution in [0.25, 0.3) is 11.1 Å². The molecule has 2 nitrogen and oxygen atoms in total. The Balaban J connectivity index is 2.11. The van der Waals surface area contributed by atoms with Gasteiger partial charge in [0.15, 0.2) is 0 Å². The summed E-state index contributed by atoms with van der Waals surface area (Å²) >= 11 is 0. The molecule has 0 spiro atoms. The zero-order valence-corrected chi connectivity index (χ0v) is 12.3. The molecule has 20 heavy (non-hydrogen) atoms. The van der Waals surface area contributed by atoms with Crippen LogP contribution in [0, 0.1) is 5.92 Å². The van der Waals surface area contributed by atoms with E-state index in [0.717, 1.165) is 11.1 Å². The molecule has 0 saturated heterocycles. The van der Waals surface area contributed by atoms with E-state index in [1.54, 1.807) is 0 Å². The van der Waals surface area contributed by atoms with Crippen LogP contribution < -0.4 is 5.32 Å². The average molecular weight is 267 g/mol. The lowest BCUT2D eigenvalue weighted by atomic mass is 10.0. The van der Waals surface area contributed by atoms with E-state index in [1.165, 1.54) is 0 Å². The fourth-order valence-electron chi connectivity index (χ4n) is 1.90. The number of carbonyl (C=O) groups excluding carboxylic acids is 1. The van der Waals surface area contributed by atoms with Crippen LogP contribution in [0.1, 0.15) is 31.1 Å². The van der Waals surface area contributed by atoms with Crippen molar-refractivity contribution in [3.63, 3.8) is 0 Å². The second-order valence-corrected chi connectivity index (χ2v) is 5.45. The standard InChI is InChI=1S/C18H21NO/c1-13(2)14(3)19-18(20)17-11-9-16(10-12-17)15-7-5-4-6-8-15/h4-14H,1-3H3,(H,19,20)/t14-/m1/s1. The topological polar surface area (TPSA) is 29.1 Å². The van der Waals surface area contributed by atoms with Gasteiger partial charge in [0.2, 0.25) is 0 Å². The van der Waals surface area contributed by atoms with E-state index in [-0.39, 0.29) is 11.9 Å². The largest absolute Gasteiger partial charge is 0.349 e. The van der Waals surface area contributed by atoms with E-state index in [0.29, 0.717) is 11.5 Å². The molecule has 0 saturated carbocycles. The lowest BCUT2D eigenvalue weighted by molar-refractivity contribution is 0.0930. The van der Waals surface area contributed by atoms with Gasteiger partial charge >= 0.3 is 0 Å². The highest BCUT2D eigenvalue weighted by molar-refractivity contribution is 5.94. The van der Waals surface area contributed by atoms with E-state index in [2.05, 4.69) is 31.3 Å². The molecule has 104 valence electrons. The number of rotatable bonds is 4. The summed E-state index contributed by atoms with van der Waals surface area (Å²) in [6.07, 6.45) is 0. The molecule has 0 heterocycles. The van der Waals surface area contributed by atoms with Gasteiger partial charge in [-0.05, 0) is 36.1 Å². The van der Waals surface area contributed by atoms with Crippen molar-refractivity contribution in [2.75, 3.05) is 0 Å². The minimum atomic E-state index is -0.00851. The predicted octanol–water partition coefficient (Wildman–Crippen LogP) is 4.13. The van der Waals surface area contributed by atoms with Crippen LogP contribution >= 0.6 is 0 Å². The summed E-state index contributed by atoms with van der Waals surface area (Å²) in [6, 6.07) is 18.1. The highest BCUT2D eigenvalue weighted by atomic mass is 16.1. The predicted molar refractivity (Wildman–Crippen MR) is 83.6 cm³/mol. The van der Waals surface area contributed by atoms with Crippen molar-refractivity contribution in [3.8, 4) is 11.1 Å². The molecule has 0 bridgehead atoms. The quantitative estimate of drug-likeness (QED) is 0.886. The van der Waals surface area contributed by atoms with Gasteiger partial charge in [0.05, 0.1) is 0 Å². The summed E-state index contributed by atoms with van der Waals surface area (Å²) in [5, 5.41) is 3.02. The first-order valence-corrected chi connectivity index (χ1v) is 7.04. The van der Waals surface area contributed by atoms with Crippen molar-refractivity contribution in [2.24, 2.45) is 5.92 Å². The first-order valence-electron chi connectivity index (χ1n) is 7.04. The van der Waals surface area contributed by atoms with Gasteiger partial charge in [-0.2, -0.15) is 0 Å². The molecule has 0 fully saturated rings. The number of carbonyl (C=O) groups is 1. The number of amides is 1. The van der Waals surface area contributed by atoms with E-state index in [4.69, 9.17) is 0 Å². The van der Waals surface area contributed by atoms with Crippen molar-refractivity contribution in [1.82, 2.24) is 5.32 Å². The van der Waals surface area contributed by atoms with Crippen LogP contribution in [0.2, 0.25) is 0 Å². The van der Waals surface area contributed by atoms with Gasteiger partial charge in [-0.1, -0.05) is 56.3 Å². The summed E-state index contributed by atoms with van der Waals surface area (Å²) in [5.41, 5.74) is 2.99. The summed E-state index contributed by atoms with van der Waals surface area (Å²) in [7, 11) is 0. The zero-order chi connectivity index (χ0) is 14.5. The lowest BCUT2D eigenvalue weighted by Gasteiger charge is -2.17.